The number of hydrogen-bond acceptors (Lipinski definition) is 6. The fraction of sp³-hybridized carbons (Fsp3) is 0.207. The molecule has 0 bridgehead atoms. The zero-order valence-corrected chi connectivity index (χ0v) is 21.9. The Bertz CT molecular complexity index is 1630. The minimum atomic E-state index is -0.295. The summed E-state index contributed by atoms with van der Waals surface area (Å²) in [5.74, 6) is 0.866. The van der Waals surface area contributed by atoms with Crippen molar-refractivity contribution in [2.45, 2.75) is 6.54 Å². The van der Waals surface area contributed by atoms with Crippen molar-refractivity contribution in [3.8, 4) is 11.5 Å². The monoisotopic (exact) mass is 526 g/mol. The van der Waals surface area contributed by atoms with Crippen LogP contribution >= 0.6 is 12.2 Å². The largest absolute Gasteiger partial charge is 0.454 e. The Hall–Kier alpha value is -4.21. The number of anilines is 1. The van der Waals surface area contributed by atoms with Gasteiger partial charge in [0.25, 0.3) is 11.8 Å². The van der Waals surface area contributed by atoms with E-state index in [9.17, 15) is 9.59 Å². The van der Waals surface area contributed by atoms with Crippen LogP contribution in [0.4, 0.5) is 5.69 Å². The lowest BCUT2D eigenvalue weighted by Gasteiger charge is -2.29. The number of ether oxygens (including phenoxy) is 2. The number of amides is 2. The molecule has 4 aromatic carbocycles. The van der Waals surface area contributed by atoms with Crippen LogP contribution < -0.4 is 20.1 Å². The number of nitrogens with one attached hydrogen (secondary N) is 2. The Morgan fingerprint density at radius 1 is 0.974 bits per heavy atom. The molecule has 4 aromatic rings. The van der Waals surface area contributed by atoms with E-state index in [1.54, 1.807) is 6.07 Å². The van der Waals surface area contributed by atoms with Gasteiger partial charge in [-0.25, -0.2) is 0 Å². The summed E-state index contributed by atoms with van der Waals surface area (Å²) in [7, 11) is 3.84. The first kappa shape index (κ1) is 24.1. The van der Waals surface area contributed by atoms with Gasteiger partial charge in [0.15, 0.2) is 16.6 Å². The number of thiocarbonyl (C=S) groups is 1. The lowest BCUT2D eigenvalue weighted by molar-refractivity contribution is 0.0602. The fourth-order valence-corrected chi connectivity index (χ4v) is 5.26. The van der Waals surface area contributed by atoms with Gasteiger partial charge in [-0.05, 0) is 61.4 Å². The van der Waals surface area contributed by atoms with Crippen LogP contribution in [0.15, 0.2) is 60.7 Å². The van der Waals surface area contributed by atoms with Crippen molar-refractivity contribution >= 4 is 56.4 Å². The smallest absolute Gasteiger partial charge is 0.262 e. The van der Waals surface area contributed by atoms with Gasteiger partial charge >= 0.3 is 0 Å². The number of carbonyl (C=O) groups is 2. The SMILES string of the molecule is CN(C)CCN1C(=O)c2cccc3cc4cccc(NC(=S)NCc5cccc6c5OCO6)c4c(c23)C1=O. The highest BCUT2D eigenvalue weighted by Crippen LogP contribution is 2.39. The summed E-state index contributed by atoms with van der Waals surface area (Å²) < 4.78 is 11.1. The standard InChI is InChI=1S/C29H26N4O4S/c1-32(2)12-13-33-27(34)20-9-3-6-17-14-18-7-4-10-21(24(18)25(23(17)20)28(33)35)31-29(38)30-15-19-8-5-11-22-26(19)37-16-36-22/h3-11,14H,12-13,15-16H2,1-2H3,(H2,30,31,38). The zero-order chi connectivity index (χ0) is 26.4. The molecule has 0 fully saturated rings. The molecule has 0 saturated carbocycles. The second-order valence-electron chi connectivity index (χ2n) is 9.58. The maximum Gasteiger partial charge on any atom is 0.262 e. The van der Waals surface area contributed by atoms with Gasteiger partial charge in [0.2, 0.25) is 6.79 Å². The van der Waals surface area contributed by atoms with Gasteiger partial charge in [-0.2, -0.15) is 0 Å². The molecule has 38 heavy (non-hydrogen) atoms. The highest BCUT2D eigenvalue weighted by atomic mass is 32.1. The van der Waals surface area contributed by atoms with E-state index >= 15 is 0 Å². The molecule has 2 amide bonds. The number of benzene rings is 4. The Morgan fingerprint density at radius 3 is 2.55 bits per heavy atom. The summed E-state index contributed by atoms with van der Waals surface area (Å²) in [5.41, 5.74) is 2.68. The number of rotatable bonds is 6. The summed E-state index contributed by atoms with van der Waals surface area (Å²) in [6.07, 6.45) is 0. The molecule has 8 nitrogen and oxygen atoms in total. The van der Waals surface area contributed by atoms with Crippen LogP contribution in [0.1, 0.15) is 26.3 Å². The van der Waals surface area contributed by atoms with E-state index in [0.29, 0.717) is 58.4 Å². The van der Waals surface area contributed by atoms with Crippen molar-refractivity contribution in [2.75, 3.05) is 39.3 Å². The van der Waals surface area contributed by atoms with Gasteiger partial charge in [0, 0.05) is 47.2 Å². The quantitative estimate of drug-likeness (QED) is 0.218. The fourth-order valence-electron chi connectivity index (χ4n) is 5.08. The Morgan fingerprint density at radius 2 is 1.74 bits per heavy atom. The lowest BCUT2D eigenvalue weighted by Crippen LogP contribution is -2.43. The van der Waals surface area contributed by atoms with E-state index < -0.39 is 0 Å². The van der Waals surface area contributed by atoms with Crippen molar-refractivity contribution in [1.29, 1.82) is 0 Å². The molecule has 192 valence electrons. The molecule has 0 unspecified atom stereocenters. The van der Waals surface area contributed by atoms with Crippen molar-refractivity contribution in [3.63, 3.8) is 0 Å². The molecule has 0 aromatic heterocycles. The van der Waals surface area contributed by atoms with E-state index in [1.807, 2.05) is 73.6 Å². The number of nitrogens with zero attached hydrogens (tertiary/aromatic N) is 2. The number of imide groups is 1. The highest BCUT2D eigenvalue weighted by molar-refractivity contribution is 7.80. The zero-order valence-electron chi connectivity index (χ0n) is 21.0. The minimum absolute atomic E-state index is 0.200. The first-order valence-electron chi connectivity index (χ1n) is 12.3. The molecule has 2 heterocycles. The molecule has 2 aliphatic rings. The van der Waals surface area contributed by atoms with Crippen LogP contribution in [-0.4, -0.2) is 60.7 Å². The normalized spacial score (nSPS) is 14.0. The minimum Gasteiger partial charge on any atom is -0.454 e. The Balaban J connectivity index is 1.37. The van der Waals surface area contributed by atoms with E-state index in [2.05, 4.69) is 10.6 Å². The predicted octanol–water partition coefficient (Wildman–Crippen LogP) is 4.37. The molecule has 0 aliphatic carbocycles. The van der Waals surface area contributed by atoms with E-state index in [1.165, 1.54) is 4.90 Å². The van der Waals surface area contributed by atoms with Gasteiger partial charge in [-0.15, -0.1) is 0 Å². The van der Waals surface area contributed by atoms with Gasteiger partial charge < -0.3 is 25.0 Å². The molecular formula is C29H26N4O4S. The predicted molar refractivity (Wildman–Crippen MR) is 151 cm³/mol. The topological polar surface area (TPSA) is 83.1 Å². The van der Waals surface area contributed by atoms with E-state index in [-0.39, 0.29) is 18.6 Å². The summed E-state index contributed by atoms with van der Waals surface area (Å²) in [4.78, 5) is 30.5. The molecule has 6 rings (SSSR count). The average Bonchev–Trinajstić information content (AvgIpc) is 3.39. The van der Waals surface area contributed by atoms with Crippen LogP contribution in [0.2, 0.25) is 0 Å². The van der Waals surface area contributed by atoms with Gasteiger partial charge in [0.05, 0.1) is 5.56 Å². The molecule has 2 N–H and O–H groups in total. The Kier molecular flexibility index (Phi) is 6.09. The average molecular weight is 527 g/mol. The van der Waals surface area contributed by atoms with Crippen molar-refractivity contribution < 1.29 is 19.1 Å². The maximum atomic E-state index is 13.9. The lowest BCUT2D eigenvalue weighted by atomic mass is 9.89. The molecule has 9 heteroatoms. The third-order valence-corrected chi connectivity index (χ3v) is 7.12. The summed E-state index contributed by atoms with van der Waals surface area (Å²) in [5, 5.41) is 10.1. The molecule has 0 saturated heterocycles. The van der Waals surface area contributed by atoms with Crippen molar-refractivity contribution in [3.05, 3.63) is 77.4 Å². The molecule has 0 radical (unpaired) electrons. The second-order valence-corrected chi connectivity index (χ2v) is 9.99. The number of fused-ring (bicyclic) bond motifs is 3. The maximum absolute atomic E-state index is 13.9. The van der Waals surface area contributed by atoms with E-state index in [0.717, 1.165) is 21.7 Å². The van der Waals surface area contributed by atoms with Gasteiger partial charge in [-0.3, -0.25) is 14.5 Å². The first-order valence-corrected chi connectivity index (χ1v) is 12.7. The second kappa shape index (κ2) is 9.59. The first-order chi connectivity index (χ1) is 18.4. The van der Waals surface area contributed by atoms with E-state index in [4.69, 9.17) is 21.7 Å². The summed E-state index contributed by atoms with van der Waals surface area (Å²) in [6, 6.07) is 19.1. The molecule has 0 atom stereocenters. The number of hydrogen-bond donors (Lipinski definition) is 2. The number of para-hydroxylation sites is 1. The van der Waals surface area contributed by atoms with Gasteiger partial charge in [-0.1, -0.05) is 36.4 Å². The van der Waals surface area contributed by atoms with Crippen LogP contribution in [-0.2, 0) is 6.54 Å². The molecule has 2 aliphatic heterocycles. The molecule has 0 spiro atoms. The third kappa shape index (κ3) is 4.09. The molecular weight excluding hydrogens is 500 g/mol. The van der Waals surface area contributed by atoms with Crippen LogP contribution in [0.5, 0.6) is 11.5 Å². The van der Waals surface area contributed by atoms with Crippen LogP contribution in [0.3, 0.4) is 0 Å². The van der Waals surface area contributed by atoms with Crippen LogP contribution in [0, 0.1) is 0 Å². The summed E-state index contributed by atoms with van der Waals surface area (Å²) in [6.45, 7) is 1.52. The third-order valence-electron chi connectivity index (χ3n) is 6.88. The summed E-state index contributed by atoms with van der Waals surface area (Å²) >= 11 is 5.63. The van der Waals surface area contributed by atoms with Crippen LogP contribution in [0.25, 0.3) is 21.5 Å². The Labute approximate surface area is 225 Å². The van der Waals surface area contributed by atoms with Crippen molar-refractivity contribution in [1.82, 2.24) is 15.1 Å². The number of likely N-dealkylation sites (N-methyl/N-ethyl adjacent to an activating group) is 1. The number of carbonyl (C=O) groups excluding carboxylic acids is 2. The van der Waals surface area contributed by atoms with Crippen molar-refractivity contribution in [2.24, 2.45) is 0 Å². The van der Waals surface area contributed by atoms with Gasteiger partial charge in [0.1, 0.15) is 0 Å². The highest BCUT2D eigenvalue weighted by Gasteiger charge is 2.34.